The van der Waals surface area contributed by atoms with Crippen molar-refractivity contribution in [1.82, 2.24) is 0 Å². The number of carbonyl (C=O) groups is 2. The molecule has 84 valence electrons. The van der Waals surface area contributed by atoms with Crippen molar-refractivity contribution < 1.29 is 19.8 Å². The van der Waals surface area contributed by atoms with Crippen LogP contribution in [0.1, 0.15) is 17.5 Å². The zero-order chi connectivity index (χ0) is 11.9. The monoisotopic (exact) mass is 221 g/mol. The summed E-state index contributed by atoms with van der Waals surface area (Å²) in [6.45, 7) is 1.85. The zero-order valence-corrected chi connectivity index (χ0v) is 8.65. The summed E-state index contributed by atoms with van der Waals surface area (Å²) in [4.78, 5) is 22.2. The molecular weight excluding hydrogens is 210 g/mol. The third-order valence-corrected chi connectivity index (χ3v) is 2.65. The second-order valence-corrected chi connectivity index (χ2v) is 3.93. The number of anilines is 1. The van der Waals surface area contributed by atoms with Crippen LogP contribution >= 0.6 is 0 Å². The molecule has 5 heteroatoms. The summed E-state index contributed by atoms with van der Waals surface area (Å²) < 4.78 is 0. The molecule has 0 fully saturated rings. The highest BCUT2D eigenvalue weighted by Gasteiger charge is 2.46. The molecule has 2 rings (SSSR count). The lowest BCUT2D eigenvalue weighted by Crippen LogP contribution is -2.36. The van der Waals surface area contributed by atoms with Gasteiger partial charge in [0.05, 0.1) is 6.42 Å². The van der Waals surface area contributed by atoms with Crippen LogP contribution in [-0.2, 0) is 15.2 Å². The molecule has 5 nitrogen and oxygen atoms in total. The van der Waals surface area contributed by atoms with Gasteiger partial charge >= 0.3 is 5.97 Å². The lowest BCUT2D eigenvalue weighted by atomic mass is 9.91. The fourth-order valence-corrected chi connectivity index (χ4v) is 1.86. The quantitative estimate of drug-likeness (QED) is 0.682. The van der Waals surface area contributed by atoms with Crippen LogP contribution in [0.25, 0.3) is 0 Å². The Labute approximate surface area is 91.7 Å². The molecule has 1 aromatic carbocycles. The molecule has 0 bridgehead atoms. The Morgan fingerprint density at radius 3 is 2.81 bits per heavy atom. The molecule has 1 aliphatic heterocycles. The SMILES string of the molecule is Cc1ccc2c(c1)NC(=O)C2(O)CC(=O)O. The Bertz CT molecular complexity index is 483. The number of carboxylic acid groups (broad SMARTS) is 1. The van der Waals surface area contributed by atoms with Crippen molar-refractivity contribution in [2.24, 2.45) is 0 Å². The number of aliphatic carboxylic acids is 1. The van der Waals surface area contributed by atoms with Crippen LogP contribution in [0.15, 0.2) is 18.2 Å². The molecule has 1 amide bonds. The van der Waals surface area contributed by atoms with E-state index in [0.29, 0.717) is 11.3 Å². The van der Waals surface area contributed by atoms with Crippen molar-refractivity contribution in [3.8, 4) is 0 Å². The second-order valence-electron chi connectivity index (χ2n) is 3.93. The van der Waals surface area contributed by atoms with Gasteiger partial charge in [-0.05, 0) is 18.6 Å². The number of fused-ring (bicyclic) bond motifs is 1. The van der Waals surface area contributed by atoms with Crippen molar-refractivity contribution in [2.45, 2.75) is 18.9 Å². The highest BCUT2D eigenvalue weighted by Crippen LogP contribution is 2.38. The minimum Gasteiger partial charge on any atom is -0.481 e. The molecule has 0 spiro atoms. The normalized spacial score (nSPS) is 22.8. The van der Waals surface area contributed by atoms with Gasteiger partial charge < -0.3 is 15.5 Å². The van der Waals surface area contributed by atoms with E-state index in [9.17, 15) is 14.7 Å². The Morgan fingerprint density at radius 1 is 1.50 bits per heavy atom. The first kappa shape index (κ1) is 10.6. The van der Waals surface area contributed by atoms with E-state index in [2.05, 4.69) is 5.32 Å². The second kappa shape index (κ2) is 3.31. The van der Waals surface area contributed by atoms with E-state index in [1.807, 2.05) is 6.92 Å². The van der Waals surface area contributed by atoms with Gasteiger partial charge in [-0.25, -0.2) is 0 Å². The van der Waals surface area contributed by atoms with E-state index in [1.165, 1.54) is 0 Å². The Morgan fingerprint density at radius 2 is 2.19 bits per heavy atom. The van der Waals surface area contributed by atoms with Crippen LogP contribution < -0.4 is 5.32 Å². The van der Waals surface area contributed by atoms with E-state index in [-0.39, 0.29) is 0 Å². The van der Waals surface area contributed by atoms with Gasteiger partial charge in [0.2, 0.25) is 0 Å². The van der Waals surface area contributed by atoms with Gasteiger partial charge in [-0.3, -0.25) is 9.59 Å². The lowest BCUT2D eigenvalue weighted by molar-refractivity contribution is -0.149. The van der Waals surface area contributed by atoms with Gasteiger partial charge in [0.15, 0.2) is 5.60 Å². The lowest BCUT2D eigenvalue weighted by Gasteiger charge is -2.18. The molecule has 0 saturated heterocycles. The molecule has 0 radical (unpaired) electrons. The third-order valence-electron chi connectivity index (χ3n) is 2.65. The molecule has 16 heavy (non-hydrogen) atoms. The number of nitrogens with one attached hydrogen (secondary N) is 1. The number of aliphatic hydroxyl groups is 1. The maximum absolute atomic E-state index is 11.6. The minimum atomic E-state index is -1.95. The number of carboxylic acids is 1. The summed E-state index contributed by atoms with van der Waals surface area (Å²) >= 11 is 0. The molecule has 0 aliphatic carbocycles. The fraction of sp³-hybridized carbons (Fsp3) is 0.273. The summed E-state index contributed by atoms with van der Waals surface area (Å²) in [7, 11) is 0. The van der Waals surface area contributed by atoms with Crippen LogP contribution in [0.5, 0.6) is 0 Å². The van der Waals surface area contributed by atoms with Crippen molar-refractivity contribution in [1.29, 1.82) is 0 Å². The Balaban J connectivity index is 2.51. The number of carbonyl (C=O) groups excluding carboxylic acids is 1. The first-order valence-corrected chi connectivity index (χ1v) is 4.80. The number of hydrogen-bond donors (Lipinski definition) is 3. The number of benzene rings is 1. The zero-order valence-electron chi connectivity index (χ0n) is 8.65. The van der Waals surface area contributed by atoms with E-state index in [1.54, 1.807) is 18.2 Å². The molecule has 1 unspecified atom stereocenters. The summed E-state index contributed by atoms with van der Waals surface area (Å²) in [6, 6.07) is 5.00. The molecule has 0 aromatic heterocycles. The van der Waals surface area contributed by atoms with E-state index in [0.717, 1.165) is 5.56 Å². The number of amides is 1. The Kier molecular flexibility index (Phi) is 2.20. The molecule has 1 atom stereocenters. The van der Waals surface area contributed by atoms with Crippen LogP contribution in [0.4, 0.5) is 5.69 Å². The third kappa shape index (κ3) is 1.45. The van der Waals surface area contributed by atoms with Gasteiger partial charge in [-0.15, -0.1) is 0 Å². The van der Waals surface area contributed by atoms with Crippen LogP contribution in [0.3, 0.4) is 0 Å². The smallest absolute Gasteiger partial charge is 0.307 e. The minimum absolute atomic E-state index is 0.325. The average molecular weight is 221 g/mol. The van der Waals surface area contributed by atoms with Crippen molar-refractivity contribution >= 4 is 17.6 Å². The predicted molar refractivity (Wildman–Crippen MR) is 56.0 cm³/mol. The Hall–Kier alpha value is -1.88. The van der Waals surface area contributed by atoms with E-state index >= 15 is 0 Å². The van der Waals surface area contributed by atoms with Gasteiger partial charge in [0.1, 0.15) is 0 Å². The van der Waals surface area contributed by atoms with Crippen LogP contribution in [0.2, 0.25) is 0 Å². The molecule has 1 heterocycles. The van der Waals surface area contributed by atoms with Gasteiger partial charge in [-0.1, -0.05) is 12.1 Å². The molecular formula is C11H11NO4. The molecule has 1 aromatic rings. The standard InChI is InChI=1S/C11H11NO4/c1-6-2-3-7-8(4-6)12-10(15)11(7,16)5-9(13)14/h2-4,16H,5H2,1H3,(H,12,15)(H,13,14). The van der Waals surface area contributed by atoms with Gasteiger partial charge in [0, 0.05) is 11.3 Å². The fourth-order valence-electron chi connectivity index (χ4n) is 1.86. The highest BCUT2D eigenvalue weighted by molar-refractivity contribution is 6.06. The first-order valence-electron chi connectivity index (χ1n) is 4.80. The summed E-state index contributed by atoms with van der Waals surface area (Å²) in [5.41, 5.74) is -0.215. The first-order chi connectivity index (χ1) is 7.43. The largest absolute Gasteiger partial charge is 0.481 e. The van der Waals surface area contributed by atoms with Gasteiger partial charge in [0.25, 0.3) is 5.91 Å². The van der Waals surface area contributed by atoms with Crippen molar-refractivity contribution in [3.63, 3.8) is 0 Å². The topological polar surface area (TPSA) is 86.6 Å². The van der Waals surface area contributed by atoms with Crippen molar-refractivity contribution in [2.75, 3.05) is 5.32 Å². The predicted octanol–water partition coefficient (Wildman–Crippen LogP) is 0.609. The maximum atomic E-state index is 11.6. The summed E-state index contributed by atoms with van der Waals surface area (Å²) in [5, 5.41) is 21.3. The summed E-state index contributed by atoms with van der Waals surface area (Å²) in [5.74, 6) is -1.90. The molecule has 1 aliphatic rings. The van der Waals surface area contributed by atoms with E-state index < -0.39 is 23.9 Å². The summed E-state index contributed by atoms with van der Waals surface area (Å²) in [6.07, 6.45) is -0.630. The van der Waals surface area contributed by atoms with Gasteiger partial charge in [-0.2, -0.15) is 0 Å². The number of aryl methyl sites for hydroxylation is 1. The van der Waals surface area contributed by atoms with Crippen LogP contribution in [0, 0.1) is 6.92 Å². The average Bonchev–Trinajstić information content (AvgIpc) is 2.37. The maximum Gasteiger partial charge on any atom is 0.307 e. The number of rotatable bonds is 2. The highest BCUT2D eigenvalue weighted by atomic mass is 16.4. The van der Waals surface area contributed by atoms with Crippen LogP contribution in [-0.4, -0.2) is 22.1 Å². The van der Waals surface area contributed by atoms with E-state index in [4.69, 9.17) is 5.11 Å². The number of hydrogen-bond acceptors (Lipinski definition) is 3. The van der Waals surface area contributed by atoms with Crippen molar-refractivity contribution in [3.05, 3.63) is 29.3 Å². The molecule has 3 N–H and O–H groups in total. The molecule has 0 saturated carbocycles.